The van der Waals surface area contributed by atoms with Gasteiger partial charge < -0.3 is 19.7 Å². The second-order valence-electron chi connectivity index (χ2n) is 6.88. The number of amides is 1. The SMILES string of the molecule is CCOCC(=O)OCC(=O)Nc1cc(S(=O)(=O)N2CCCCC2)ccc1N(C)C. The molecule has 0 spiro atoms. The Kier molecular flexibility index (Phi) is 8.42. The van der Waals surface area contributed by atoms with E-state index in [1.54, 1.807) is 32.0 Å². The number of carbonyl (C=O) groups is 2. The van der Waals surface area contributed by atoms with E-state index in [4.69, 9.17) is 9.47 Å². The quantitative estimate of drug-likeness (QED) is 0.595. The topological polar surface area (TPSA) is 105 Å². The van der Waals surface area contributed by atoms with Gasteiger partial charge in [-0.15, -0.1) is 0 Å². The second kappa shape index (κ2) is 10.6. The average molecular weight is 428 g/mol. The number of hydrogen-bond acceptors (Lipinski definition) is 7. The van der Waals surface area contributed by atoms with Crippen molar-refractivity contribution in [3.63, 3.8) is 0 Å². The first-order valence-corrected chi connectivity index (χ1v) is 11.0. The van der Waals surface area contributed by atoms with Gasteiger partial charge >= 0.3 is 5.97 Å². The maximum atomic E-state index is 12.9. The van der Waals surface area contributed by atoms with Gasteiger partial charge in [-0.25, -0.2) is 13.2 Å². The van der Waals surface area contributed by atoms with E-state index in [2.05, 4.69) is 5.32 Å². The van der Waals surface area contributed by atoms with Gasteiger partial charge in [0.05, 0.1) is 16.3 Å². The van der Waals surface area contributed by atoms with Gasteiger partial charge in [-0.2, -0.15) is 4.31 Å². The van der Waals surface area contributed by atoms with Crippen LogP contribution in [0, 0.1) is 0 Å². The van der Waals surface area contributed by atoms with Gasteiger partial charge in [-0.3, -0.25) is 4.79 Å². The second-order valence-corrected chi connectivity index (χ2v) is 8.82. The molecular weight excluding hydrogens is 398 g/mol. The molecule has 1 aromatic carbocycles. The van der Waals surface area contributed by atoms with Crippen LogP contribution in [0.4, 0.5) is 11.4 Å². The van der Waals surface area contributed by atoms with Gasteiger partial charge in [-0.05, 0) is 38.0 Å². The molecule has 0 aliphatic carbocycles. The summed E-state index contributed by atoms with van der Waals surface area (Å²) in [6.07, 6.45) is 2.70. The van der Waals surface area contributed by atoms with Crippen molar-refractivity contribution in [1.82, 2.24) is 4.31 Å². The monoisotopic (exact) mass is 427 g/mol. The first-order chi connectivity index (χ1) is 13.8. The molecule has 1 heterocycles. The number of piperidine rings is 1. The average Bonchev–Trinajstić information content (AvgIpc) is 2.71. The molecule has 1 saturated heterocycles. The van der Waals surface area contributed by atoms with Gasteiger partial charge in [0, 0.05) is 33.8 Å². The van der Waals surface area contributed by atoms with Crippen LogP contribution in [-0.2, 0) is 29.1 Å². The van der Waals surface area contributed by atoms with Crippen LogP contribution in [0.5, 0.6) is 0 Å². The Labute approximate surface area is 172 Å². The van der Waals surface area contributed by atoms with Crippen molar-refractivity contribution in [2.75, 3.05) is 57.2 Å². The number of sulfonamides is 1. The minimum absolute atomic E-state index is 0.119. The normalized spacial score (nSPS) is 15.0. The van der Waals surface area contributed by atoms with Crippen molar-refractivity contribution in [3.05, 3.63) is 18.2 Å². The summed E-state index contributed by atoms with van der Waals surface area (Å²) in [5.74, 6) is -1.21. The highest BCUT2D eigenvalue weighted by Gasteiger charge is 2.27. The van der Waals surface area contributed by atoms with Gasteiger partial charge in [0.2, 0.25) is 10.0 Å². The van der Waals surface area contributed by atoms with Crippen molar-refractivity contribution >= 4 is 33.3 Å². The van der Waals surface area contributed by atoms with Gasteiger partial charge in [0.25, 0.3) is 5.91 Å². The summed E-state index contributed by atoms with van der Waals surface area (Å²) < 4.78 is 37.1. The molecule has 162 valence electrons. The third-order valence-electron chi connectivity index (χ3n) is 4.47. The molecule has 0 unspecified atom stereocenters. The molecule has 9 nitrogen and oxygen atoms in total. The van der Waals surface area contributed by atoms with E-state index in [9.17, 15) is 18.0 Å². The Morgan fingerprint density at radius 2 is 1.83 bits per heavy atom. The van der Waals surface area contributed by atoms with E-state index < -0.39 is 28.5 Å². The van der Waals surface area contributed by atoms with Crippen LogP contribution < -0.4 is 10.2 Å². The lowest BCUT2D eigenvalue weighted by molar-refractivity contribution is -0.151. The minimum atomic E-state index is -3.64. The molecule has 0 atom stereocenters. The number of esters is 1. The van der Waals surface area contributed by atoms with Crippen LogP contribution in [0.3, 0.4) is 0 Å². The first-order valence-electron chi connectivity index (χ1n) is 9.60. The molecule has 1 aliphatic rings. The van der Waals surface area contributed by atoms with E-state index in [1.165, 1.54) is 16.4 Å². The summed E-state index contributed by atoms with van der Waals surface area (Å²) >= 11 is 0. The van der Waals surface area contributed by atoms with Gasteiger partial charge in [0.15, 0.2) is 6.61 Å². The number of carbonyl (C=O) groups excluding carboxylic acids is 2. The Balaban J connectivity index is 2.16. The fraction of sp³-hybridized carbons (Fsp3) is 0.579. The van der Waals surface area contributed by atoms with E-state index >= 15 is 0 Å². The van der Waals surface area contributed by atoms with E-state index in [-0.39, 0.29) is 11.5 Å². The zero-order valence-corrected chi connectivity index (χ0v) is 18.0. The third-order valence-corrected chi connectivity index (χ3v) is 6.36. The molecule has 10 heteroatoms. The fourth-order valence-electron chi connectivity index (χ4n) is 2.98. The Morgan fingerprint density at radius 1 is 1.14 bits per heavy atom. The Morgan fingerprint density at radius 3 is 2.45 bits per heavy atom. The van der Waals surface area contributed by atoms with Crippen LogP contribution >= 0.6 is 0 Å². The number of ether oxygens (including phenoxy) is 2. The van der Waals surface area contributed by atoms with Crippen LogP contribution in [0.1, 0.15) is 26.2 Å². The summed E-state index contributed by atoms with van der Waals surface area (Å²) in [7, 11) is -0.0699. The maximum Gasteiger partial charge on any atom is 0.332 e. The lowest BCUT2D eigenvalue weighted by Gasteiger charge is -2.26. The van der Waals surface area contributed by atoms with Crippen LogP contribution in [0.2, 0.25) is 0 Å². The van der Waals surface area contributed by atoms with Crippen molar-refractivity contribution in [1.29, 1.82) is 0 Å². The van der Waals surface area contributed by atoms with Crippen molar-refractivity contribution < 1.29 is 27.5 Å². The summed E-state index contributed by atoms with van der Waals surface area (Å²) in [5, 5.41) is 2.64. The zero-order chi connectivity index (χ0) is 21.4. The number of benzene rings is 1. The van der Waals surface area contributed by atoms with E-state index in [1.807, 2.05) is 0 Å². The molecule has 1 N–H and O–H groups in total. The third kappa shape index (κ3) is 6.41. The minimum Gasteiger partial charge on any atom is -0.454 e. The van der Waals surface area contributed by atoms with E-state index in [0.717, 1.165) is 19.3 Å². The smallest absolute Gasteiger partial charge is 0.332 e. The fourth-order valence-corrected chi connectivity index (χ4v) is 4.52. The molecule has 29 heavy (non-hydrogen) atoms. The largest absolute Gasteiger partial charge is 0.454 e. The molecule has 1 aromatic rings. The molecule has 1 aliphatic heterocycles. The van der Waals surface area contributed by atoms with Gasteiger partial charge in [0.1, 0.15) is 6.61 Å². The number of hydrogen-bond donors (Lipinski definition) is 1. The Hall–Kier alpha value is -2.17. The lowest BCUT2D eigenvalue weighted by atomic mass is 10.2. The Bertz CT molecular complexity index is 819. The summed E-state index contributed by atoms with van der Waals surface area (Å²) in [6.45, 7) is 2.39. The molecule has 0 radical (unpaired) electrons. The molecular formula is C19H29N3O6S. The molecule has 1 amide bonds. The highest BCUT2D eigenvalue weighted by atomic mass is 32.2. The molecule has 0 bridgehead atoms. The molecule has 2 rings (SSSR count). The standard InChI is InChI=1S/C19H29N3O6S/c1-4-27-14-19(24)28-13-18(23)20-16-12-15(8-9-17(16)21(2)3)29(25,26)22-10-6-5-7-11-22/h8-9,12H,4-7,10-11,13-14H2,1-3H3,(H,20,23). The van der Waals surface area contributed by atoms with Gasteiger partial charge in [-0.1, -0.05) is 6.42 Å². The molecule has 0 aromatic heterocycles. The number of nitrogens with zero attached hydrogens (tertiary/aromatic N) is 2. The maximum absolute atomic E-state index is 12.9. The highest BCUT2D eigenvalue weighted by molar-refractivity contribution is 7.89. The predicted molar refractivity (Wildman–Crippen MR) is 109 cm³/mol. The van der Waals surface area contributed by atoms with Crippen molar-refractivity contribution in [3.8, 4) is 0 Å². The van der Waals surface area contributed by atoms with Crippen LogP contribution in [0.25, 0.3) is 0 Å². The number of nitrogens with one attached hydrogen (secondary N) is 1. The predicted octanol–water partition coefficient (Wildman–Crippen LogP) is 1.45. The summed E-state index contributed by atoms with van der Waals surface area (Å²) in [4.78, 5) is 25.6. The number of anilines is 2. The lowest BCUT2D eigenvalue weighted by Crippen LogP contribution is -2.35. The zero-order valence-electron chi connectivity index (χ0n) is 17.1. The van der Waals surface area contributed by atoms with Crippen molar-refractivity contribution in [2.24, 2.45) is 0 Å². The first kappa shape index (κ1) is 23.1. The van der Waals surface area contributed by atoms with Crippen molar-refractivity contribution in [2.45, 2.75) is 31.1 Å². The van der Waals surface area contributed by atoms with Crippen LogP contribution in [-0.4, -0.2) is 71.6 Å². The number of rotatable bonds is 9. The highest BCUT2D eigenvalue weighted by Crippen LogP contribution is 2.30. The molecule has 1 fully saturated rings. The van der Waals surface area contributed by atoms with Crippen LogP contribution in [0.15, 0.2) is 23.1 Å². The van der Waals surface area contributed by atoms with E-state index in [0.29, 0.717) is 31.1 Å². The molecule has 0 saturated carbocycles. The summed E-state index contributed by atoms with van der Waals surface area (Å²) in [6, 6.07) is 4.63. The summed E-state index contributed by atoms with van der Waals surface area (Å²) in [5.41, 5.74) is 0.968.